The number of hydrogen-bond acceptors (Lipinski definition) is 2. The molecule has 1 atom stereocenters. The van der Waals surface area contributed by atoms with Gasteiger partial charge in [0.15, 0.2) is 0 Å². The van der Waals surface area contributed by atoms with Crippen molar-refractivity contribution in [2.24, 2.45) is 5.92 Å². The predicted octanol–water partition coefficient (Wildman–Crippen LogP) is 1.95. The first-order valence-corrected chi connectivity index (χ1v) is 6.67. The summed E-state index contributed by atoms with van der Waals surface area (Å²) in [4.78, 5) is 14.3. The van der Waals surface area contributed by atoms with E-state index < -0.39 is 0 Å². The summed E-state index contributed by atoms with van der Waals surface area (Å²) < 4.78 is 0. The molecule has 0 unspecified atom stereocenters. The average Bonchev–Trinajstić information content (AvgIpc) is 2.37. The molecule has 3 heteroatoms. The highest BCUT2D eigenvalue weighted by molar-refractivity contribution is 5.79. The van der Waals surface area contributed by atoms with Gasteiger partial charge in [-0.2, -0.15) is 0 Å². The van der Waals surface area contributed by atoms with E-state index in [0.29, 0.717) is 6.54 Å². The summed E-state index contributed by atoms with van der Waals surface area (Å²) in [6, 6.07) is 8.19. The molecule has 3 nitrogen and oxygen atoms in total. The van der Waals surface area contributed by atoms with E-state index in [2.05, 4.69) is 36.3 Å². The molecular weight excluding hydrogens is 224 g/mol. The van der Waals surface area contributed by atoms with Gasteiger partial charge in [0.2, 0.25) is 5.91 Å². The second kappa shape index (κ2) is 6.01. The fourth-order valence-electron chi connectivity index (χ4n) is 2.52. The van der Waals surface area contributed by atoms with E-state index in [9.17, 15) is 4.79 Å². The van der Waals surface area contributed by atoms with Crippen LogP contribution in [0.15, 0.2) is 24.3 Å². The molecule has 1 aromatic carbocycles. The number of nitrogens with zero attached hydrogens (tertiary/aromatic N) is 1. The molecular formula is C15H22N2O. The molecule has 1 aliphatic heterocycles. The van der Waals surface area contributed by atoms with Gasteiger partial charge in [-0.15, -0.1) is 0 Å². The lowest BCUT2D eigenvalue weighted by Gasteiger charge is -2.28. The van der Waals surface area contributed by atoms with Crippen LogP contribution < -0.4 is 5.32 Å². The van der Waals surface area contributed by atoms with Crippen molar-refractivity contribution >= 4 is 5.91 Å². The molecule has 0 aliphatic carbocycles. The topological polar surface area (TPSA) is 32.3 Å². The third kappa shape index (κ3) is 3.33. The monoisotopic (exact) mass is 246 g/mol. The van der Waals surface area contributed by atoms with Crippen molar-refractivity contribution in [2.75, 3.05) is 20.1 Å². The summed E-state index contributed by atoms with van der Waals surface area (Å²) in [5.41, 5.74) is 2.44. The Kier molecular flexibility index (Phi) is 4.37. The number of carbonyl (C=O) groups is 1. The second-order valence-corrected chi connectivity index (χ2v) is 5.25. The van der Waals surface area contributed by atoms with E-state index in [1.165, 1.54) is 11.1 Å². The largest absolute Gasteiger partial charge is 0.352 e. The molecule has 0 bridgehead atoms. The van der Waals surface area contributed by atoms with Crippen LogP contribution in [-0.4, -0.2) is 30.9 Å². The zero-order chi connectivity index (χ0) is 13.0. The average molecular weight is 246 g/mol. The molecule has 98 valence electrons. The maximum absolute atomic E-state index is 12.1. The number of benzene rings is 1. The number of hydrogen-bond donors (Lipinski definition) is 1. The highest BCUT2D eigenvalue weighted by Crippen LogP contribution is 2.15. The molecule has 1 aliphatic rings. The fraction of sp³-hybridized carbons (Fsp3) is 0.533. The summed E-state index contributed by atoms with van der Waals surface area (Å²) in [5.74, 6) is 0.359. The van der Waals surface area contributed by atoms with Crippen LogP contribution in [0, 0.1) is 12.8 Å². The lowest BCUT2D eigenvalue weighted by Crippen LogP contribution is -2.41. The number of likely N-dealkylation sites (tertiary alicyclic amines) is 1. The molecule has 1 N–H and O–H groups in total. The molecule has 1 saturated heterocycles. The van der Waals surface area contributed by atoms with E-state index in [-0.39, 0.29) is 11.8 Å². The number of nitrogens with one attached hydrogen (secondary N) is 1. The van der Waals surface area contributed by atoms with Crippen molar-refractivity contribution in [3.05, 3.63) is 35.4 Å². The van der Waals surface area contributed by atoms with Crippen LogP contribution in [0.4, 0.5) is 0 Å². The molecule has 0 radical (unpaired) electrons. The lowest BCUT2D eigenvalue weighted by molar-refractivity contribution is -0.126. The third-order valence-electron chi connectivity index (χ3n) is 3.71. The Hall–Kier alpha value is -1.35. The normalized spacial score (nSPS) is 20.7. The molecule has 2 rings (SSSR count). The van der Waals surface area contributed by atoms with Crippen molar-refractivity contribution in [3.8, 4) is 0 Å². The first kappa shape index (κ1) is 13.1. The van der Waals surface area contributed by atoms with Gasteiger partial charge in [-0.3, -0.25) is 4.79 Å². The standard InChI is InChI=1S/C15H22N2O/c1-12-6-3-4-7-13(12)10-16-15(18)14-8-5-9-17(2)11-14/h3-4,6-7,14H,5,8-11H2,1-2H3,(H,16,18)/t14-/m0/s1. The lowest BCUT2D eigenvalue weighted by atomic mass is 9.97. The summed E-state index contributed by atoms with van der Waals surface area (Å²) in [5, 5.41) is 3.06. The van der Waals surface area contributed by atoms with Gasteiger partial charge >= 0.3 is 0 Å². The summed E-state index contributed by atoms with van der Waals surface area (Å²) in [6.45, 7) is 4.72. The highest BCUT2D eigenvalue weighted by Gasteiger charge is 2.23. The van der Waals surface area contributed by atoms with E-state index in [0.717, 1.165) is 25.9 Å². The molecule has 1 amide bonds. The van der Waals surface area contributed by atoms with Gasteiger partial charge in [-0.1, -0.05) is 24.3 Å². The van der Waals surface area contributed by atoms with Crippen LogP contribution in [0.25, 0.3) is 0 Å². The van der Waals surface area contributed by atoms with E-state index >= 15 is 0 Å². The summed E-state index contributed by atoms with van der Waals surface area (Å²) >= 11 is 0. The quantitative estimate of drug-likeness (QED) is 0.884. The van der Waals surface area contributed by atoms with E-state index in [1.54, 1.807) is 0 Å². The van der Waals surface area contributed by atoms with E-state index in [4.69, 9.17) is 0 Å². The molecule has 1 fully saturated rings. The second-order valence-electron chi connectivity index (χ2n) is 5.25. The predicted molar refractivity (Wildman–Crippen MR) is 73.2 cm³/mol. The van der Waals surface area contributed by atoms with Crippen LogP contribution in [-0.2, 0) is 11.3 Å². The molecule has 0 spiro atoms. The Bertz CT molecular complexity index is 417. The van der Waals surface area contributed by atoms with Crippen LogP contribution >= 0.6 is 0 Å². The third-order valence-corrected chi connectivity index (χ3v) is 3.71. The number of piperidine rings is 1. The SMILES string of the molecule is Cc1ccccc1CNC(=O)[C@H]1CCCN(C)C1. The van der Waals surface area contributed by atoms with Crippen LogP contribution in [0.2, 0.25) is 0 Å². The van der Waals surface area contributed by atoms with Gasteiger partial charge in [-0.05, 0) is 44.5 Å². The van der Waals surface area contributed by atoms with Crippen molar-refractivity contribution < 1.29 is 4.79 Å². The minimum atomic E-state index is 0.160. The van der Waals surface area contributed by atoms with Gasteiger partial charge in [0.05, 0.1) is 5.92 Å². The zero-order valence-corrected chi connectivity index (χ0v) is 11.3. The highest BCUT2D eigenvalue weighted by atomic mass is 16.1. The number of aryl methyl sites for hydroxylation is 1. The van der Waals surface area contributed by atoms with Gasteiger partial charge in [-0.25, -0.2) is 0 Å². The van der Waals surface area contributed by atoms with Crippen LogP contribution in [0.3, 0.4) is 0 Å². The maximum atomic E-state index is 12.1. The first-order valence-electron chi connectivity index (χ1n) is 6.67. The molecule has 1 heterocycles. The van der Waals surface area contributed by atoms with Crippen molar-refractivity contribution in [1.29, 1.82) is 0 Å². The fourth-order valence-corrected chi connectivity index (χ4v) is 2.52. The Labute approximate surface area is 109 Å². The van der Waals surface area contributed by atoms with E-state index in [1.807, 2.05) is 12.1 Å². The van der Waals surface area contributed by atoms with Crippen molar-refractivity contribution in [3.63, 3.8) is 0 Å². The smallest absolute Gasteiger partial charge is 0.224 e. The van der Waals surface area contributed by atoms with Gasteiger partial charge in [0, 0.05) is 13.1 Å². The van der Waals surface area contributed by atoms with Gasteiger partial charge in [0.25, 0.3) is 0 Å². The maximum Gasteiger partial charge on any atom is 0.224 e. The Balaban J connectivity index is 1.86. The number of amides is 1. The number of rotatable bonds is 3. The molecule has 0 aromatic heterocycles. The Morgan fingerprint density at radius 1 is 1.44 bits per heavy atom. The van der Waals surface area contributed by atoms with Gasteiger partial charge in [0.1, 0.15) is 0 Å². The summed E-state index contributed by atoms with van der Waals surface area (Å²) in [7, 11) is 2.08. The molecule has 1 aromatic rings. The Morgan fingerprint density at radius 3 is 2.94 bits per heavy atom. The van der Waals surface area contributed by atoms with Crippen molar-refractivity contribution in [1.82, 2.24) is 10.2 Å². The van der Waals surface area contributed by atoms with Gasteiger partial charge < -0.3 is 10.2 Å². The van der Waals surface area contributed by atoms with Crippen LogP contribution in [0.5, 0.6) is 0 Å². The minimum Gasteiger partial charge on any atom is -0.352 e. The Morgan fingerprint density at radius 2 is 2.22 bits per heavy atom. The minimum absolute atomic E-state index is 0.160. The molecule has 0 saturated carbocycles. The molecule has 18 heavy (non-hydrogen) atoms. The summed E-state index contributed by atoms with van der Waals surface area (Å²) in [6.07, 6.45) is 2.14. The zero-order valence-electron chi connectivity index (χ0n) is 11.3. The van der Waals surface area contributed by atoms with Crippen molar-refractivity contribution in [2.45, 2.75) is 26.3 Å². The number of carbonyl (C=O) groups excluding carboxylic acids is 1. The first-order chi connectivity index (χ1) is 8.66. The van der Waals surface area contributed by atoms with Crippen LogP contribution in [0.1, 0.15) is 24.0 Å².